The first-order chi connectivity index (χ1) is 7.20. The lowest BCUT2D eigenvalue weighted by Crippen LogP contribution is -2.08. The second-order valence-electron chi connectivity index (χ2n) is 3.74. The Balaban J connectivity index is 2.43. The predicted molar refractivity (Wildman–Crippen MR) is 62.8 cm³/mol. The van der Waals surface area contributed by atoms with Crippen molar-refractivity contribution in [3.05, 3.63) is 40.8 Å². The van der Waals surface area contributed by atoms with Gasteiger partial charge in [0.05, 0.1) is 10.6 Å². The first kappa shape index (κ1) is 10.2. The molecule has 0 saturated carbocycles. The van der Waals surface area contributed by atoms with E-state index in [0.29, 0.717) is 0 Å². The molecule has 2 rings (SSSR count). The molecular formula is C12H13NOS. The number of rotatable bonds is 3. The molecule has 0 bridgehead atoms. The van der Waals surface area contributed by atoms with Gasteiger partial charge in [-0.2, -0.15) is 0 Å². The van der Waals surface area contributed by atoms with Crippen LogP contribution in [0.3, 0.4) is 0 Å². The fourth-order valence-corrected chi connectivity index (χ4v) is 2.43. The summed E-state index contributed by atoms with van der Waals surface area (Å²) in [6.45, 7) is 3.86. The highest BCUT2D eigenvalue weighted by molar-refractivity contribution is 7.12. The van der Waals surface area contributed by atoms with Gasteiger partial charge >= 0.3 is 0 Å². The predicted octanol–water partition coefficient (Wildman–Crippen LogP) is 3.38. The van der Waals surface area contributed by atoms with E-state index in [1.165, 1.54) is 11.3 Å². The largest absolute Gasteiger partial charge is 0.322 e. The van der Waals surface area contributed by atoms with Crippen LogP contribution in [0.2, 0.25) is 0 Å². The van der Waals surface area contributed by atoms with E-state index in [4.69, 9.17) is 0 Å². The average molecular weight is 219 g/mol. The maximum Gasteiger partial charge on any atom is 0.177 e. The minimum absolute atomic E-state index is 0.0537. The minimum Gasteiger partial charge on any atom is -0.322 e. The van der Waals surface area contributed by atoms with Gasteiger partial charge < -0.3 is 4.57 Å². The van der Waals surface area contributed by atoms with Crippen molar-refractivity contribution in [1.29, 1.82) is 0 Å². The molecule has 3 heteroatoms. The summed E-state index contributed by atoms with van der Waals surface area (Å²) in [5.41, 5.74) is 0.990. The number of hydrogen-bond donors (Lipinski definition) is 0. The SMILES string of the molecule is CC(C)C(=O)c1sccc1-n1cccc1. The third kappa shape index (κ3) is 1.88. The summed E-state index contributed by atoms with van der Waals surface area (Å²) in [4.78, 5) is 12.8. The van der Waals surface area contributed by atoms with Crippen LogP contribution in [0.4, 0.5) is 0 Å². The van der Waals surface area contributed by atoms with Crippen LogP contribution in [0.25, 0.3) is 5.69 Å². The summed E-state index contributed by atoms with van der Waals surface area (Å²) in [6, 6.07) is 5.91. The molecule has 2 heterocycles. The van der Waals surface area contributed by atoms with Gasteiger partial charge in [-0.05, 0) is 23.6 Å². The second kappa shape index (κ2) is 4.03. The van der Waals surface area contributed by atoms with Crippen molar-refractivity contribution in [3.63, 3.8) is 0 Å². The Labute approximate surface area is 93.2 Å². The highest BCUT2D eigenvalue weighted by Crippen LogP contribution is 2.24. The highest BCUT2D eigenvalue weighted by atomic mass is 32.1. The van der Waals surface area contributed by atoms with Crippen molar-refractivity contribution < 1.29 is 4.79 Å². The van der Waals surface area contributed by atoms with Crippen molar-refractivity contribution in [2.75, 3.05) is 0 Å². The molecule has 0 radical (unpaired) electrons. The molecule has 0 aliphatic carbocycles. The number of thiophene rings is 1. The first-order valence-electron chi connectivity index (χ1n) is 4.95. The molecule has 2 aromatic rings. The lowest BCUT2D eigenvalue weighted by molar-refractivity contribution is 0.0943. The Hall–Kier alpha value is -1.35. The maximum absolute atomic E-state index is 11.9. The molecule has 2 aromatic heterocycles. The van der Waals surface area contributed by atoms with E-state index in [2.05, 4.69) is 0 Å². The minimum atomic E-state index is 0.0537. The van der Waals surface area contributed by atoms with Crippen LogP contribution in [0.5, 0.6) is 0 Å². The third-order valence-corrected chi connectivity index (χ3v) is 3.19. The molecule has 0 amide bonds. The zero-order valence-electron chi connectivity index (χ0n) is 8.81. The molecule has 78 valence electrons. The van der Waals surface area contributed by atoms with Gasteiger partial charge in [-0.15, -0.1) is 11.3 Å². The smallest absolute Gasteiger partial charge is 0.177 e. The van der Waals surface area contributed by atoms with E-state index >= 15 is 0 Å². The number of carbonyl (C=O) groups is 1. The van der Waals surface area contributed by atoms with Gasteiger partial charge in [0.15, 0.2) is 5.78 Å². The standard InChI is InChI=1S/C12H13NOS/c1-9(2)11(14)12-10(5-8-15-12)13-6-3-4-7-13/h3-9H,1-2H3. The van der Waals surface area contributed by atoms with Gasteiger partial charge in [-0.25, -0.2) is 0 Å². The molecule has 0 unspecified atom stereocenters. The van der Waals surface area contributed by atoms with Crippen LogP contribution in [0, 0.1) is 5.92 Å². The zero-order chi connectivity index (χ0) is 10.8. The van der Waals surface area contributed by atoms with Crippen LogP contribution in [-0.4, -0.2) is 10.4 Å². The Morgan fingerprint density at radius 1 is 1.33 bits per heavy atom. The molecule has 0 spiro atoms. The number of hydrogen-bond acceptors (Lipinski definition) is 2. The van der Waals surface area contributed by atoms with Gasteiger partial charge in [-0.3, -0.25) is 4.79 Å². The molecule has 0 saturated heterocycles. The molecule has 0 N–H and O–H groups in total. The lowest BCUT2D eigenvalue weighted by atomic mass is 10.1. The van der Waals surface area contributed by atoms with E-state index in [-0.39, 0.29) is 11.7 Å². The van der Waals surface area contributed by atoms with Gasteiger partial charge in [0.25, 0.3) is 0 Å². The molecule has 0 fully saturated rings. The van der Waals surface area contributed by atoms with E-state index in [1.54, 1.807) is 0 Å². The highest BCUT2D eigenvalue weighted by Gasteiger charge is 2.16. The Bertz CT molecular complexity index is 454. The summed E-state index contributed by atoms with van der Waals surface area (Å²) < 4.78 is 1.98. The zero-order valence-corrected chi connectivity index (χ0v) is 9.62. The Morgan fingerprint density at radius 3 is 2.60 bits per heavy atom. The monoisotopic (exact) mass is 219 g/mol. The van der Waals surface area contributed by atoms with E-state index in [0.717, 1.165) is 10.6 Å². The summed E-state index contributed by atoms with van der Waals surface area (Å²) >= 11 is 1.51. The van der Waals surface area contributed by atoms with Gasteiger partial charge in [-0.1, -0.05) is 13.8 Å². The topological polar surface area (TPSA) is 22.0 Å². The number of Topliss-reactive ketones (excluding diaryl/α,β-unsaturated/α-hetero) is 1. The summed E-state index contributed by atoms with van der Waals surface area (Å²) in [6.07, 6.45) is 3.92. The van der Waals surface area contributed by atoms with Gasteiger partial charge in [0.2, 0.25) is 0 Å². The molecule has 0 aromatic carbocycles. The third-order valence-electron chi connectivity index (χ3n) is 2.28. The summed E-state index contributed by atoms with van der Waals surface area (Å²) in [7, 11) is 0. The Morgan fingerprint density at radius 2 is 2.00 bits per heavy atom. The van der Waals surface area contributed by atoms with E-state index in [1.807, 2.05) is 54.4 Å². The summed E-state index contributed by atoms with van der Waals surface area (Å²) in [5.74, 6) is 0.270. The first-order valence-corrected chi connectivity index (χ1v) is 5.83. The van der Waals surface area contributed by atoms with Crippen LogP contribution < -0.4 is 0 Å². The van der Waals surface area contributed by atoms with E-state index in [9.17, 15) is 4.79 Å². The molecule has 0 atom stereocenters. The number of aromatic nitrogens is 1. The maximum atomic E-state index is 11.9. The second-order valence-corrected chi connectivity index (χ2v) is 4.66. The molecule has 0 aliphatic heterocycles. The number of carbonyl (C=O) groups excluding carboxylic acids is 1. The van der Waals surface area contributed by atoms with Crippen molar-refractivity contribution in [3.8, 4) is 5.69 Å². The van der Waals surface area contributed by atoms with Crippen molar-refractivity contribution in [2.24, 2.45) is 5.92 Å². The molecule has 15 heavy (non-hydrogen) atoms. The fourth-order valence-electron chi connectivity index (χ4n) is 1.45. The quantitative estimate of drug-likeness (QED) is 0.725. The van der Waals surface area contributed by atoms with Crippen molar-refractivity contribution >= 4 is 17.1 Å². The van der Waals surface area contributed by atoms with E-state index < -0.39 is 0 Å². The fraction of sp³-hybridized carbons (Fsp3) is 0.250. The molecular weight excluding hydrogens is 206 g/mol. The summed E-state index contributed by atoms with van der Waals surface area (Å²) in [5, 5.41) is 1.96. The number of ketones is 1. The average Bonchev–Trinajstić information content (AvgIpc) is 2.86. The number of nitrogens with zero attached hydrogens (tertiary/aromatic N) is 1. The normalized spacial score (nSPS) is 10.9. The lowest BCUT2D eigenvalue weighted by Gasteiger charge is -2.06. The van der Waals surface area contributed by atoms with Crippen LogP contribution in [0.15, 0.2) is 36.0 Å². The van der Waals surface area contributed by atoms with Crippen LogP contribution in [-0.2, 0) is 0 Å². The molecule has 0 aliphatic rings. The molecule has 2 nitrogen and oxygen atoms in total. The van der Waals surface area contributed by atoms with Gasteiger partial charge in [0, 0.05) is 18.3 Å². The van der Waals surface area contributed by atoms with Crippen LogP contribution in [0.1, 0.15) is 23.5 Å². The van der Waals surface area contributed by atoms with Gasteiger partial charge in [0.1, 0.15) is 0 Å². The Kier molecular flexibility index (Phi) is 2.73. The van der Waals surface area contributed by atoms with Crippen LogP contribution >= 0.6 is 11.3 Å². The van der Waals surface area contributed by atoms with Crippen molar-refractivity contribution in [2.45, 2.75) is 13.8 Å². The van der Waals surface area contributed by atoms with Crippen molar-refractivity contribution in [1.82, 2.24) is 4.57 Å².